The summed E-state index contributed by atoms with van der Waals surface area (Å²) in [5.41, 5.74) is 2.28. The van der Waals surface area contributed by atoms with Gasteiger partial charge in [0.2, 0.25) is 11.8 Å². The molecule has 0 aliphatic carbocycles. The van der Waals surface area contributed by atoms with Crippen LogP contribution in [-0.4, -0.2) is 28.2 Å². The maximum Gasteiger partial charge on any atom is 0.229 e. The Morgan fingerprint density at radius 2 is 1.92 bits per heavy atom. The van der Waals surface area contributed by atoms with Crippen molar-refractivity contribution in [3.05, 3.63) is 34.7 Å². The van der Waals surface area contributed by atoms with Gasteiger partial charge in [0.1, 0.15) is 5.01 Å². The first-order valence-electron chi connectivity index (χ1n) is 8.90. The van der Waals surface area contributed by atoms with Crippen LogP contribution < -0.4 is 5.32 Å². The van der Waals surface area contributed by atoms with Crippen LogP contribution in [0.5, 0.6) is 0 Å². The molecule has 1 unspecified atom stereocenters. The number of hydrogen-bond donors (Lipinski definition) is 1. The molecule has 1 N–H and O–H groups in total. The van der Waals surface area contributed by atoms with E-state index in [9.17, 15) is 9.59 Å². The molecule has 0 radical (unpaired) electrons. The molecular weight excluding hydrogens is 346 g/mol. The Bertz CT molecular complexity index is 805. The number of likely N-dealkylation sites (tertiary alicyclic amines) is 1. The zero-order valence-corrected chi connectivity index (χ0v) is 16.5. The van der Waals surface area contributed by atoms with Gasteiger partial charge in [-0.2, -0.15) is 0 Å². The van der Waals surface area contributed by atoms with Crippen LogP contribution in [0.2, 0.25) is 0 Å². The molecule has 0 spiro atoms. The number of nitrogens with zero attached hydrogens (tertiary/aromatic N) is 2. The number of anilines is 1. The van der Waals surface area contributed by atoms with Gasteiger partial charge in [-0.1, -0.05) is 32.9 Å². The Morgan fingerprint density at radius 3 is 2.54 bits per heavy atom. The van der Waals surface area contributed by atoms with Crippen LogP contribution in [0.1, 0.15) is 51.6 Å². The average Bonchev–Trinajstić information content (AvgIpc) is 3.23. The normalized spacial score (nSPS) is 17.4. The summed E-state index contributed by atoms with van der Waals surface area (Å²) in [6, 6.07) is 7.84. The second-order valence-electron chi connectivity index (χ2n) is 7.72. The number of hydrogen-bond acceptors (Lipinski definition) is 4. The Balaban J connectivity index is 1.74. The Labute approximate surface area is 158 Å². The molecule has 2 heterocycles. The van der Waals surface area contributed by atoms with E-state index in [-0.39, 0.29) is 17.9 Å². The van der Waals surface area contributed by atoms with E-state index in [2.05, 4.69) is 5.32 Å². The van der Waals surface area contributed by atoms with Gasteiger partial charge < -0.3 is 10.2 Å². The topological polar surface area (TPSA) is 62.3 Å². The molecule has 1 aromatic heterocycles. The number of carbonyl (C=O) groups is 2. The molecule has 26 heavy (non-hydrogen) atoms. The van der Waals surface area contributed by atoms with E-state index >= 15 is 0 Å². The summed E-state index contributed by atoms with van der Waals surface area (Å²) in [4.78, 5) is 30.5. The van der Waals surface area contributed by atoms with Crippen molar-refractivity contribution >= 4 is 28.8 Å². The highest BCUT2D eigenvalue weighted by molar-refractivity contribution is 7.10. The number of nitrogens with one attached hydrogen (secondary N) is 1. The summed E-state index contributed by atoms with van der Waals surface area (Å²) in [6.45, 7) is 8.11. The quantitative estimate of drug-likeness (QED) is 0.865. The molecule has 0 bridgehead atoms. The summed E-state index contributed by atoms with van der Waals surface area (Å²) in [7, 11) is 0. The van der Waals surface area contributed by atoms with Gasteiger partial charge in [-0.05, 0) is 25.0 Å². The highest BCUT2D eigenvalue weighted by Gasteiger charge is 2.30. The molecule has 138 valence electrons. The highest BCUT2D eigenvalue weighted by Crippen LogP contribution is 2.35. The van der Waals surface area contributed by atoms with E-state index in [4.69, 9.17) is 4.98 Å². The van der Waals surface area contributed by atoms with Crippen molar-refractivity contribution in [1.82, 2.24) is 9.88 Å². The zero-order valence-electron chi connectivity index (χ0n) is 15.7. The summed E-state index contributed by atoms with van der Waals surface area (Å²) in [5.74, 6) is 0.106. The first kappa shape index (κ1) is 18.6. The minimum atomic E-state index is -0.424. The fourth-order valence-corrected chi connectivity index (χ4v) is 3.99. The molecule has 6 heteroatoms. The number of benzene rings is 1. The average molecular weight is 372 g/mol. The van der Waals surface area contributed by atoms with E-state index < -0.39 is 5.41 Å². The molecular formula is C20H25N3O2S. The van der Waals surface area contributed by atoms with Crippen molar-refractivity contribution in [3.63, 3.8) is 0 Å². The lowest BCUT2D eigenvalue weighted by Crippen LogP contribution is -2.27. The number of carbonyl (C=O) groups excluding carboxylic acids is 2. The van der Waals surface area contributed by atoms with Crippen molar-refractivity contribution in [2.24, 2.45) is 5.41 Å². The van der Waals surface area contributed by atoms with Crippen molar-refractivity contribution in [2.45, 2.75) is 46.6 Å². The smallest absolute Gasteiger partial charge is 0.229 e. The van der Waals surface area contributed by atoms with Crippen LogP contribution in [0.15, 0.2) is 29.6 Å². The van der Waals surface area contributed by atoms with Gasteiger partial charge in [-0.3, -0.25) is 9.59 Å². The van der Waals surface area contributed by atoms with Crippen LogP contribution in [0.4, 0.5) is 5.69 Å². The van der Waals surface area contributed by atoms with Gasteiger partial charge in [-0.15, -0.1) is 11.3 Å². The van der Waals surface area contributed by atoms with Crippen molar-refractivity contribution < 1.29 is 9.59 Å². The molecule has 1 aliphatic heterocycles. The molecule has 1 saturated heterocycles. The summed E-state index contributed by atoms with van der Waals surface area (Å²) >= 11 is 1.61. The number of rotatable bonds is 3. The first-order chi connectivity index (χ1) is 12.3. The van der Waals surface area contributed by atoms with E-state index in [1.807, 2.05) is 55.3 Å². The molecule has 1 aliphatic rings. The Morgan fingerprint density at radius 1 is 1.23 bits per heavy atom. The maximum atomic E-state index is 12.1. The van der Waals surface area contributed by atoms with Crippen LogP contribution in [0.25, 0.3) is 11.3 Å². The first-order valence-corrected chi connectivity index (χ1v) is 9.78. The van der Waals surface area contributed by atoms with Gasteiger partial charge >= 0.3 is 0 Å². The van der Waals surface area contributed by atoms with E-state index in [0.29, 0.717) is 0 Å². The fourth-order valence-electron chi connectivity index (χ4n) is 3.02. The summed E-state index contributed by atoms with van der Waals surface area (Å²) in [6.07, 6.45) is 2.01. The van der Waals surface area contributed by atoms with E-state index in [1.54, 1.807) is 18.3 Å². The largest absolute Gasteiger partial charge is 0.333 e. The Kier molecular flexibility index (Phi) is 5.14. The minimum absolute atomic E-state index is 0.00764. The second-order valence-corrected chi connectivity index (χ2v) is 8.61. The van der Waals surface area contributed by atoms with Crippen LogP contribution in [-0.2, 0) is 9.59 Å². The third-order valence-corrected chi connectivity index (χ3v) is 5.53. The lowest BCUT2D eigenvalue weighted by atomic mass is 9.95. The zero-order chi connectivity index (χ0) is 18.9. The third kappa shape index (κ3) is 3.96. The molecule has 1 fully saturated rings. The molecule has 2 amide bonds. The molecule has 1 atom stereocenters. The molecule has 0 saturated carbocycles. The van der Waals surface area contributed by atoms with Gasteiger partial charge in [0, 0.05) is 35.5 Å². The standard InChI is InChI=1S/C20H25N3O2S/c1-13(24)23-11-5-6-17(23)18-22-16(12-26-18)14-7-9-15(10-8-14)21-19(25)20(2,3)4/h7-10,12,17H,5-6,11H2,1-4H3,(H,21,25). The van der Waals surface area contributed by atoms with Gasteiger partial charge in [0.15, 0.2) is 0 Å². The van der Waals surface area contributed by atoms with E-state index in [0.717, 1.165) is 41.3 Å². The second kappa shape index (κ2) is 7.19. The van der Waals surface area contributed by atoms with Crippen LogP contribution in [0, 0.1) is 5.41 Å². The predicted molar refractivity (Wildman–Crippen MR) is 105 cm³/mol. The summed E-state index contributed by atoms with van der Waals surface area (Å²) < 4.78 is 0. The van der Waals surface area contributed by atoms with Crippen molar-refractivity contribution in [3.8, 4) is 11.3 Å². The third-order valence-electron chi connectivity index (χ3n) is 4.58. The number of amides is 2. The fraction of sp³-hybridized carbons (Fsp3) is 0.450. The molecule has 5 nitrogen and oxygen atoms in total. The Hall–Kier alpha value is -2.21. The van der Waals surface area contributed by atoms with Gasteiger partial charge in [0.25, 0.3) is 0 Å². The lowest BCUT2D eigenvalue weighted by Gasteiger charge is -2.21. The SMILES string of the molecule is CC(=O)N1CCCC1c1nc(-c2ccc(NC(=O)C(C)(C)C)cc2)cs1. The lowest BCUT2D eigenvalue weighted by molar-refractivity contribution is -0.129. The van der Waals surface area contributed by atoms with Gasteiger partial charge in [0.05, 0.1) is 11.7 Å². The molecule has 2 aromatic rings. The molecule has 3 rings (SSSR count). The number of thiazole rings is 1. The monoisotopic (exact) mass is 371 g/mol. The van der Waals surface area contributed by atoms with Crippen molar-refractivity contribution in [2.75, 3.05) is 11.9 Å². The van der Waals surface area contributed by atoms with E-state index in [1.165, 1.54) is 0 Å². The van der Waals surface area contributed by atoms with Crippen molar-refractivity contribution in [1.29, 1.82) is 0 Å². The highest BCUT2D eigenvalue weighted by atomic mass is 32.1. The van der Waals surface area contributed by atoms with Gasteiger partial charge in [-0.25, -0.2) is 4.98 Å². The summed E-state index contributed by atoms with van der Waals surface area (Å²) in [5, 5.41) is 5.96. The minimum Gasteiger partial charge on any atom is -0.333 e. The predicted octanol–water partition coefficient (Wildman–Crippen LogP) is 4.48. The number of aromatic nitrogens is 1. The van der Waals surface area contributed by atoms with Crippen LogP contribution in [0.3, 0.4) is 0 Å². The maximum absolute atomic E-state index is 12.1. The molecule has 1 aromatic carbocycles. The van der Waals surface area contributed by atoms with Crippen LogP contribution >= 0.6 is 11.3 Å².